The van der Waals surface area contributed by atoms with Gasteiger partial charge in [0, 0.05) is 17.7 Å². The molecule has 1 amide bonds. The van der Waals surface area contributed by atoms with E-state index < -0.39 is 10.8 Å². The number of hydrogen-bond acceptors (Lipinski definition) is 6. The minimum atomic E-state index is -0.588. The van der Waals surface area contributed by atoms with Crippen molar-refractivity contribution in [3.05, 3.63) is 62.7 Å². The van der Waals surface area contributed by atoms with Gasteiger partial charge in [-0.3, -0.25) is 14.9 Å². The Balaban J connectivity index is 1.97. The van der Waals surface area contributed by atoms with E-state index in [4.69, 9.17) is 4.74 Å². The molecular formula is C18H19N3O5. The first-order valence-corrected chi connectivity index (χ1v) is 7.78. The van der Waals surface area contributed by atoms with E-state index in [0.29, 0.717) is 5.75 Å². The number of phenols is 1. The molecule has 0 aliphatic heterocycles. The van der Waals surface area contributed by atoms with Crippen LogP contribution in [0.4, 0.5) is 5.69 Å². The lowest BCUT2D eigenvalue weighted by Gasteiger charge is -2.13. The Bertz CT molecular complexity index is 877. The second-order valence-corrected chi connectivity index (χ2v) is 5.74. The predicted octanol–water partition coefficient (Wildman–Crippen LogP) is 2.75. The summed E-state index contributed by atoms with van der Waals surface area (Å²) in [6.07, 6.45) is 1.13. The van der Waals surface area contributed by atoms with Crippen LogP contribution in [0.3, 0.4) is 0 Å². The predicted molar refractivity (Wildman–Crippen MR) is 96.6 cm³/mol. The van der Waals surface area contributed by atoms with E-state index in [0.717, 1.165) is 29.0 Å². The first-order chi connectivity index (χ1) is 12.3. The Labute approximate surface area is 150 Å². The molecule has 26 heavy (non-hydrogen) atoms. The highest BCUT2D eigenvalue weighted by atomic mass is 16.6. The fourth-order valence-corrected chi connectivity index (χ4v) is 2.25. The van der Waals surface area contributed by atoms with E-state index in [-0.39, 0.29) is 23.6 Å². The molecule has 0 aromatic heterocycles. The molecule has 136 valence electrons. The number of benzene rings is 2. The van der Waals surface area contributed by atoms with E-state index in [9.17, 15) is 20.0 Å². The number of phenolic OH excluding ortho intramolecular Hbond substituents is 1. The summed E-state index contributed by atoms with van der Waals surface area (Å²) in [7, 11) is 0. The maximum atomic E-state index is 11.9. The first-order valence-electron chi connectivity index (χ1n) is 7.78. The van der Waals surface area contributed by atoms with Crippen LogP contribution in [0, 0.1) is 30.9 Å². The van der Waals surface area contributed by atoms with Crippen LogP contribution in [0.5, 0.6) is 11.5 Å². The number of aromatic hydroxyl groups is 1. The van der Waals surface area contributed by atoms with Crippen molar-refractivity contribution < 1.29 is 19.6 Å². The molecule has 2 aromatic rings. The summed E-state index contributed by atoms with van der Waals surface area (Å²) in [4.78, 5) is 22.0. The summed E-state index contributed by atoms with van der Waals surface area (Å²) in [5.74, 6) is -0.0252. The molecule has 0 radical (unpaired) electrons. The highest BCUT2D eigenvalue weighted by Gasteiger charge is 2.10. The van der Waals surface area contributed by atoms with Crippen molar-refractivity contribution in [2.75, 3.05) is 6.61 Å². The smallest absolute Gasteiger partial charge is 0.277 e. The largest absolute Gasteiger partial charge is 0.507 e. The lowest BCUT2D eigenvalue weighted by Crippen LogP contribution is -2.25. The van der Waals surface area contributed by atoms with Crippen LogP contribution in [0.15, 0.2) is 35.4 Å². The second-order valence-electron chi connectivity index (χ2n) is 5.74. The molecule has 2 rings (SSSR count). The van der Waals surface area contributed by atoms with Crippen molar-refractivity contribution >= 4 is 17.8 Å². The number of aryl methyl sites for hydroxylation is 2. The molecule has 0 atom stereocenters. The Morgan fingerprint density at radius 2 is 1.96 bits per heavy atom. The van der Waals surface area contributed by atoms with Gasteiger partial charge in [-0.15, -0.1) is 0 Å². The molecule has 8 heteroatoms. The van der Waals surface area contributed by atoms with Crippen molar-refractivity contribution in [1.82, 2.24) is 5.43 Å². The van der Waals surface area contributed by atoms with Gasteiger partial charge in [0.2, 0.25) is 0 Å². The number of nitrogens with one attached hydrogen (secondary N) is 1. The number of nitro groups is 1. The second kappa shape index (κ2) is 8.11. The number of nitrogens with zero attached hydrogens (tertiary/aromatic N) is 2. The van der Waals surface area contributed by atoms with Crippen molar-refractivity contribution in [3.63, 3.8) is 0 Å². The fourth-order valence-electron chi connectivity index (χ4n) is 2.25. The molecule has 0 spiro atoms. The summed E-state index contributed by atoms with van der Waals surface area (Å²) < 4.78 is 5.56. The molecule has 0 unspecified atom stereocenters. The number of carbonyl (C=O) groups excluding carboxylic acids is 1. The molecule has 0 aliphatic rings. The normalized spacial score (nSPS) is 10.7. The van der Waals surface area contributed by atoms with Gasteiger partial charge in [-0.05, 0) is 43.5 Å². The lowest BCUT2D eigenvalue weighted by atomic mass is 10.1. The van der Waals surface area contributed by atoms with Crippen LogP contribution in [0.2, 0.25) is 0 Å². The van der Waals surface area contributed by atoms with Gasteiger partial charge in [0.05, 0.1) is 11.1 Å². The molecule has 0 aliphatic carbocycles. The number of amides is 1. The summed E-state index contributed by atoms with van der Waals surface area (Å²) in [6, 6.07) is 7.41. The van der Waals surface area contributed by atoms with Crippen molar-refractivity contribution in [2.24, 2.45) is 5.10 Å². The highest BCUT2D eigenvalue weighted by molar-refractivity contribution is 5.86. The SMILES string of the molecule is Cc1ccc(C)c(OCC(=O)N/N=C/c2cc([N+](=O)[O-])ccc2O)c1C. The Kier molecular flexibility index (Phi) is 5.90. The molecule has 0 bridgehead atoms. The van der Waals surface area contributed by atoms with E-state index >= 15 is 0 Å². The van der Waals surface area contributed by atoms with Gasteiger partial charge < -0.3 is 9.84 Å². The third-order valence-corrected chi connectivity index (χ3v) is 3.84. The zero-order valence-electron chi connectivity index (χ0n) is 14.6. The average molecular weight is 357 g/mol. The molecule has 0 saturated heterocycles. The minimum absolute atomic E-state index is 0.116. The Morgan fingerprint density at radius 1 is 1.27 bits per heavy atom. The monoisotopic (exact) mass is 357 g/mol. The van der Waals surface area contributed by atoms with Gasteiger partial charge in [-0.25, -0.2) is 5.43 Å². The molecule has 0 heterocycles. The van der Waals surface area contributed by atoms with Crippen LogP contribution in [-0.4, -0.2) is 28.8 Å². The van der Waals surface area contributed by atoms with E-state index in [1.54, 1.807) is 0 Å². The molecule has 0 saturated carbocycles. The van der Waals surface area contributed by atoms with Crippen molar-refractivity contribution in [1.29, 1.82) is 0 Å². The Hall–Kier alpha value is -3.42. The maximum absolute atomic E-state index is 11.9. The van der Waals surface area contributed by atoms with E-state index in [2.05, 4.69) is 10.5 Å². The minimum Gasteiger partial charge on any atom is -0.507 e. The van der Waals surface area contributed by atoms with Crippen LogP contribution < -0.4 is 10.2 Å². The molecule has 0 fully saturated rings. The maximum Gasteiger partial charge on any atom is 0.277 e. The molecule has 2 aromatic carbocycles. The zero-order chi connectivity index (χ0) is 19.3. The van der Waals surface area contributed by atoms with Gasteiger partial charge >= 0.3 is 0 Å². The van der Waals surface area contributed by atoms with Crippen LogP contribution in [0.25, 0.3) is 0 Å². The van der Waals surface area contributed by atoms with Gasteiger partial charge in [0.25, 0.3) is 11.6 Å². The number of ether oxygens (including phenoxy) is 1. The topological polar surface area (TPSA) is 114 Å². The third-order valence-electron chi connectivity index (χ3n) is 3.84. The van der Waals surface area contributed by atoms with Gasteiger partial charge in [-0.1, -0.05) is 12.1 Å². The Morgan fingerprint density at radius 3 is 2.65 bits per heavy atom. The van der Waals surface area contributed by atoms with Gasteiger partial charge in [0.15, 0.2) is 6.61 Å². The number of carbonyl (C=O) groups is 1. The molecule has 2 N–H and O–H groups in total. The molecular weight excluding hydrogens is 338 g/mol. The molecule has 8 nitrogen and oxygen atoms in total. The average Bonchev–Trinajstić information content (AvgIpc) is 2.59. The van der Waals surface area contributed by atoms with Crippen LogP contribution >= 0.6 is 0 Å². The van der Waals surface area contributed by atoms with Gasteiger partial charge in [0.1, 0.15) is 11.5 Å². The zero-order valence-corrected chi connectivity index (χ0v) is 14.6. The summed E-state index contributed by atoms with van der Waals surface area (Å²) in [5.41, 5.74) is 5.12. The highest BCUT2D eigenvalue weighted by Crippen LogP contribution is 2.25. The van der Waals surface area contributed by atoms with Crippen LogP contribution in [0.1, 0.15) is 22.3 Å². The number of nitro benzene ring substituents is 1. The lowest BCUT2D eigenvalue weighted by molar-refractivity contribution is -0.384. The van der Waals surface area contributed by atoms with Crippen molar-refractivity contribution in [2.45, 2.75) is 20.8 Å². The number of hydrazone groups is 1. The number of hydrogen-bond donors (Lipinski definition) is 2. The summed E-state index contributed by atoms with van der Waals surface area (Å²) in [6.45, 7) is 5.53. The van der Waals surface area contributed by atoms with E-state index in [1.165, 1.54) is 12.1 Å². The fraction of sp³-hybridized carbons (Fsp3) is 0.222. The number of rotatable bonds is 6. The number of non-ortho nitro benzene ring substituents is 1. The first kappa shape index (κ1) is 18.9. The van der Waals surface area contributed by atoms with Crippen LogP contribution in [-0.2, 0) is 4.79 Å². The van der Waals surface area contributed by atoms with Crippen molar-refractivity contribution in [3.8, 4) is 11.5 Å². The van der Waals surface area contributed by atoms with Gasteiger partial charge in [-0.2, -0.15) is 5.10 Å². The summed E-state index contributed by atoms with van der Waals surface area (Å²) in [5, 5.41) is 24.1. The summed E-state index contributed by atoms with van der Waals surface area (Å²) >= 11 is 0. The quantitative estimate of drug-likeness (QED) is 0.469. The van der Waals surface area contributed by atoms with E-state index in [1.807, 2.05) is 32.9 Å². The third kappa shape index (κ3) is 4.56. The standard InChI is InChI=1S/C18H19N3O5/c1-11-4-5-12(2)18(13(11)3)26-10-17(23)20-19-9-14-8-15(21(24)25)6-7-16(14)22/h4-9,22H,10H2,1-3H3,(H,20,23)/b19-9+.